The molecule has 1 amide bonds. The fraction of sp³-hybridized carbons (Fsp3) is 0.348. The summed E-state index contributed by atoms with van der Waals surface area (Å²) >= 11 is 6.10. The number of hydrogen-bond donors (Lipinski definition) is 1. The van der Waals surface area contributed by atoms with E-state index in [0.717, 1.165) is 12.8 Å². The van der Waals surface area contributed by atoms with Crippen LogP contribution in [0, 0.1) is 0 Å². The molecule has 1 heterocycles. The van der Waals surface area contributed by atoms with Crippen LogP contribution in [0.2, 0.25) is 5.02 Å². The van der Waals surface area contributed by atoms with Crippen LogP contribution in [0.25, 0.3) is 11.3 Å². The zero-order valence-corrected chi connectivity index (χ0v) is 19.0. The van der Waals surface area contributed by atoms with Gasteiger partial charge in [0.05, 0.1) is 18.2 Å². The van der Waals surface area contributed by atoms with Crippen molar-refractivity contribution in [1.29, 1.82) is 0 Å². The molecule has 170 valence electrons. The van der Waals surface area contributed by atoms with E-state index < -0.39 is 12.0 Å². The van der Waals surface area contributed by atoms with Gasteiger partial charge in [-0.1, -0.05) is 37.6 Å². The molecule has 0 radical (unpaired) electrons. The Balaban J connectivity index is 1.77. The Hall–Kier alpha value is -3.26. The number of ether oxygens (including phenoxy) is 3. The Labute approximate surface area is 191 Å². The van der Waals surface area contributed by atoms with Gasteiger partial charge in [0.2, 0.25) is 5.82 Å². The first-order valence-electron chi connectivity index (χ1n) is 10.5. The minimum absolute atomic E-state index is 0.174. The van der Waals surface area contributed by atoms with Gasteiger partial charge in [-0.05, 0) is 60.4 Å². The third-order valence-corrected chi connectivity index (χ3v) is 4.69. The Kier molecular flexibility index (Phi) is 8.33. The summed E-state index contributed by atoms with van der Waals surface area (Å²) in [5.41, 5.74) is 1.03. The van der Waals surface area contributed by atoms with E-state index in [4.69, 9.17) is 30.4 Å². The molecule has 1 atom stereocenters. The highest BCUT2D eigenvalue weighted by molar-refractivity contribution is 6.32. The lowest BCUT2D eigenvalue weighted by atomic mass is 10.1. The first kappa shape index (κ1) is 23.4. The van der Waals surface area contributed by atoms with Crippen molar-refractivity contribution in [3.8, 4) is 28.5 Å². The van der Waals surface area contributed by atoms with E-state index in [2.05, 4.69) is 15.6 Å². The number of halogens is 1. The molecular formula is C23H26ClN3O5. The lowest BCUT2D eigenvalue weighted by Crippen LogP contribution is -2.30. The zero-order valence-electron chi connectivity index (χ0n) is 18.3. The second-order valence-corrected chi connectivity index (χ2v) is 7.41. The maximum atomic E-state index is 12.7. The van der Waals surface area contributed by atoms with E-state index in [1.807, 2.05) is 19.9 Å². The molecule has 0 fully saturated rings. The van der Waals surface area contributed by atoms with Crippen molar-refractivity contribution < 1.29 is 23.6 Å². The predicted octanol–water partition coefficient (Wildman–Crippen LogP) is 5.37. The molecule has 3 aromatic rings. The van der Waals surface area contributed by atoms with Crippen LogP contribution in [0.4, 0.5) is 5.82 Å². The van der Waals surface area contributed by atoms with E-state index in [0.29, 0.717) is 46.7 Å². The number of para-hydroxylation sites is 1. The van der Waals surface area contributed by atoms with Gasteiger partial charge in [0, 0.05) is 5.56 Å². The molecule has 0 bridgehead atoms. The Morgan fingerprint density at radius 1 is 1.03 bits per heavy atom. The lowest BCUT2D eigenvalue weighted by molar-refractivity contribution is -0.122. The number of amides is 1. The second kappa shape index (κ2) is 11.4. The van der Waals surface area contributed by atoms with Gasteiger partial charge in [0.15, 0.2) is 23.3 Å². The first-order chi connectivity index (χ1) is 15.5. The van der Waals surface area contributed by atoms with Crippen LogP contribution in [-0.4, -0.2) is 35.5 Å². The van der Waals surface area contributed by atoms with Crippen LogP contribution < -0.4 is 19.5 Å². The van der Waals surface area contributed by atoms with Gasteiger partial charge in [-0.2, -0.15) is 0 Å². The van der Waals surface area contributed by atoms with Crippen LogP contribution in [-0.2, 0) is 4.79 Å². The molecule has 0 aliphatic heterocycles. The number of anilines is 1. The average molecular weight is 460 g/mol. The van der Waals surface area contributed by atoms with Crippen molar-refractivity contribution in [3.63, 3.8) is 0 Å². The Bertz CT molecular complexity index is 1040. The van der Waals surface area contributed by atoms with Crippen molar-refractivity contribution >= 4 is 23.3 Å². The smallest absolute Gasteiger partial charge is 0.266 e. The summed E-state index contributed by atoms with van der Waals surface area (Å²) < 4.78 is 22.1. The number of rotatable bonds is 11. The highest BCUT2D eigenvalue weighted by Crippen LogP contribution is 2.34. The van der Waals surface area contributed by atoms with Gasteiger partial charge in [-0.15, -0.1) is 0 Å². The number of hydrogen-bond acceptors (Lipinski definition) is 7. The monoisotopic (exact) mass is 459 g/mol. The van der Waals surface area contributed by atoms with Gasteiger partial charge in [-0.25, -0.2) is 4.63 Å². The third-order valence-electron chi connectivity index (χ3n) is 4.38. The standard InChI is InChI=1S/C23H26ClN3O5/c1-4-12-29-19-11-10-16(14-20(19)30-13-5-2)21-22(27-32-26-21)25-23(28)15(3)31-18-9-7-6-8-17(18)24/h6-11,14-15H,4-5,12-13H2,1-3H3,(H,25,27,28)/t15-/m1/s1. The fourth-order valence-corrected chi connectivity index (χ4v) is 2.95. The largest absolute Gasteiger partial charge is 0.490 e. The average Bonchev–Trinajstić information content (AvgIpc) is 3.26. The van der Waals surface area contributed by atoms with Crippen LogP contribution in [0.5, 0.6) is 17.2 Å². The lowest BCUT2D eigenvalue weighted by Gasteiger charge is -2.15. The molecule has 0 saturated carbocycles. The molecule has 0 spiro atoms. The van der Waals surface area contributed by atoms with Crippen molar-refractivity contribution in [2.24, 2.45) is 0 Å². The van der Waals surface area contributed by atoms with Gasteiger partial charge >= 0.3 is 0 Å². The van der Waals surface area contributed by atoms with Crippen molar-refractivity contribution in [2.75, 3.05) is 18.5 Å². The SMILES string of the molecule is CCCOc1ccc(-c2nonc2NC(=O)[C@@H](C)Oc2ccccc2Cl)cc1OCCC. The maximum absolute atomic E-state index is 12.7. The molecule has 1 aromatic heterocycles. The van der Waals surface area contributed by atoms with Gasteiger partial charge < -0.3 is 19.5 Å². The number of carbonyl (C=O) groups excluding carboxylic acids is 1. The highest BCUT2D eigenvalue weighted by atomic mass is 35.5. The van der Waals surface area contributed by atoms with Crippen molar-refractivity contribution in [1.82, 2.24) is 10.3 Å². The molecule has 0 unspecified atom stereocenters. The summed E-state index contributed by atoms with van der Waals surface area (Å²) in [7, 11) is 0. The normalized spacial score (nSPS) is 11.6. The number of carbonyl (C=O) groups is 1. The van der Waals surface area contributed by atoms with E-state index in [1.165, 1.54) is 0 Å². The van der Waals surface area contributed by atoms with Gasteiger partial charge in [0.25, 0.3) is 5.91 Å². The fourth-order valence-electron chi connectivity index (χ4n) is 2.77. The molecule has 0 aliphatic carbocycles. The van der Waals surface area contributed by atoms with Crippen molar-refractivity contribution in [3.05, 3.63) is 47.5 Å². The summed E-state index contributed by atoms with van der Waals surface area (Å²) in [5, 5.41) is 10.9. The van der Waals surface area contributed by atoms with Crippen LogP contribution in [0.1, 0.15) is 33.6 Å². The quantitative estimate of drug-likeness (QED) is 0.411. The molecule has 0 aliphatic rings. The second-order valence-electron chi connectivity index (χ2n) is 7.00. The minimum atomic E-state index is -0.826. The summed E-state index contributed by atoms with van der Waals surface area (Å²) in [6.45, 7) is 6.80. The van der Waals surface area contributed by atoms with E-state index in [9.17, 15) is 4.79 Å². The molecule has 0 saturated heterocycles. The number of nitrogens with zero attached hydrogens (tertiary/aromatic N) is 2. The summed E-state index contributed by atoms with van der Waals surface area (Å²) in [6.07, 6.45) is 0.910. The van der Waals surface area contributed by atoms with Gasteiger partial charge in [0.1, 0.15) is 5.75 Å². The molecule has 1 N–H and O–H groups in total. The zero-order chi connectivity index (χ0) is 22.9. The summed E-state index contributed by atoms with van der Waals surface area (Å²) in [5.74, 6) is 1.40. The van der Waals surface area contributed by atoms with Crippen molar-refractivity contribution in [2.45, 2.75) is 39.7 Å². The minimum Gasteiger partial charge on any atom is -0.490 e. The summed E-state index contributed by atoms with van der Waals surface area (Å²) in [4.78, 5) is 12.7. The topological polar surface area (TPSA) is 95.7 Å². The molecule has 8 nitrogen and oxygen atoms in total. The number of nitrogens with one attached hydrogen (secondary N) is 1. The maximum Gasteiger partial charge on any atom is 0.266 e. The highest BCUT2D eigenvalue weighted by Gasteiger charge is 2.22. The third kappa shape index (κ3) is 5.91. The molecular weight excluding hydrogens is 434 g/mol. The first-order valence-corrected chi connectivity index (χ1v) is 10.9. The molecule has 2 aromatic carbocycles. The van der Waals surface area contributed by atoms with E-state index >= 15 is 0 Å². The van der Waals surface area contributed by atoms with Crippen LogP contribution in [0.15, 0.2) is 47.1 Å². The summed E-state index contributed by atoms with van der Waals surface area (Å²) in [6, 6.07) is 12.3. The Morgan fingerprint density at radius 2 is 1.75 bits per heavy atom. The van der Waals surface area contributed by atoms with E-state index in [-0.39, 0.29) is 5.82 Å². The molecule has 32 heavy (non-hydrogen) atoms. The molecule has 3 rings (SSSR count). The predicted molar refractivity (Wildman–Crippen MR) is 121 cm³/mol. The Morgan fingerprint density at radius 3 is 2.47 bits per heavy atom. The number of aromatic nitrogens is 2. The van der Waals surface area contributed by atoms with Gasteiger partial charge in [-0.3, -0.25) is 4.79 Å². The molecule has 9 heteroatoms. The van der Waals surface area contributed by atoms with Crippen LogP contribution in [0.3, 0.4) is 0 Å². The van der Waals surface area contributed by atoms with E-state index in [1.54, 1.807) is 43.3 Å². The number of benzene rings is 2. The van der Waals surface area contributed by atoms with Crippen LogP contribution >= 0.6 is 11.6 Å².